The molecule has 1 atom stereocenters. The van der Waals surface area contributed by atoms with Gasteiger partial charge in [-0.3, -0.25) is 4.79 Å². The molecule has 0 saturated heterocycles. The molecule has 0 aliphatic rings. The Kier molecular flexibility index (Phi) is 6.97. The van der Waals surface area contributed by atoms with E-state index in [9.17, 15) is 4.79 Å². The molecule has 19 heavy (non-hydrogen) atoms. The van der Waals surface area contributed by atoms with Crippen LogP contribution in [0.3, 0.4) is 0 Å². The second-order valence-electron chi connectivity index (χ2n) is 4.68. The van der Waals surface area contributed by atoms with Crippen molar-refractivity contribution < 1.29 is 14.6 Å². The largest absolute Gasteiger partial charge is 0.494 e. The fourth-order valence-corrected chi connectivity index (χ4v) is 1.84. The summed E-state index contributed by atoms with van der Waals surface area (Å²) >= 11 is 0. The lowest BCUT2D eigenvalue weighted by atomic mass is 10.0. The Morgan fingerprint density at radius 3 is 2.53 bits per heavy atom. The predicted molar refractivity (Wildman–Crippen MR) is 75.3 cm³/mol. The zero-order valence-electron chi connectivity index (χ0n) is 11.5. The van der Waals surface area contributed by atoms with Crippen LogP contribution in [-0.4, -0.2) is 17.7 Å². The molecule has 0 aliphatic heterocycles. The summed E-state index contributed by atoms with van der Waals surface area (Å²) in [6, 6.07) is 6.88. The van der Waals surface area contributed by atoms with Crippen molar-refractivity contribution in [2.45, 2.75) is 45.1 Å². The van der Waals surface area contributed by atoms with Crippen LogP contribution in [0.1, 0.15) is 50.6 Å². The Morgan fingerprint density at radius 2 is 1.95 bits per heavy atom. The fraction of sp³-hybridized carbons (Fsp3) is 0.533. The minimum Gasteiger partial charge on any atom is -0.494 e. The Labute approximate surface area is 114 Å². The zero-order chi connectivity index (χ0) is 14.1. The fourth-order valence-electron chi connectivity index (χ4n) is 1.84. The monoisotopic (exact) mass is 265 g/mol. The summed E-state index contributed by atoms with van der Waals surface area (Å²) in [5, 5.41) is 8.68. The molecule has 0 fully saturated rings. The van der Waals surface area contributed by atoms with Gasteiger partial charge in [0.15, 0.2) is 0 Å². The van der Waals surface area contributed by atoms with Gasteiger partial charge < -0.3 is 15.6 Å². The molecular formula is C15H23NO3. The first-order chi connectivity index (χ1) is 9.13. The maximum absolute atomic E-state index is 10.6. The van der Waals surface area contributed by atoms with Gasteiger partial charge in [0, 0.05) is 6.04 Å². The molecule has 4 nitrogen and oxygen atoms in total. The van der Waals surface area contributed by atoms with Crippen molar-refractivity contribution in [3.63, 3.8) is 0 Å². The molecule has 3 N–H and O–H groups in total. The number of hydrogen-bond donors (Lipinski definition) is 2. The van der Waals surface area contributed by atoms with Gasteiger partial charge >= 0.3 is 5.97 Å². The van der Waals surface area contributed by atoms with Crippen molar-refractivity contribution >= 4 is 5.97 Å². The maximum Gasteiger partial charge on any atom is 0.305 e. The van der Waals surface area contributed by atoms with Gasteiger partial charge in [-0.05, 0) is 24.1 Å². The zero-order valence-corrected chi connectivity index (χ0v) is 11.5. The number of unbranched alkanes of at least 4 members (excludes halogenated alkanes) is 3. The van der Waals surface area contributed by atoms with E-state index in [1.807, 2.05) is 24.3 Å². The molecule has 0 bridgehead atoms. The highest BCUT2D eigenvalue weighted by atomic mass is 16.5. The van der Waals surface area contributed by atoms with E-state index >= 15 is 0 Å². The quantitative estimate of drug-likeness (QED) is 0.673. The van der Waals surface area contributed by atoms with Crippen LogP contribution < -0.4 is 10.5 Å². The predicted octanol–water partition coefficient (Wildman–Crippen LogP) is 3.12. The van der Waals surface area contributed by atoms with Crippen LogP contribution in [0.15, 0.2) is 24.3 Å². The summed E-state index contributed by atoms with van der Waals surface area (Å²) < 4.78 is 5.61. The molecule has 0 amide bonds. The van der Waals surface area contributed by atoms with Gasteiger partial charge in [0.05, 0.1) is 13.0 Å². The lowest BCUT2D eigenvalue weighted by Gasteiger charge is -2.11. The Bertz CT molecular complexity index is 375. The van der Waals surface area contributed by atoms with E-state index in [1.54, 1.807) is 0 Å². The Hall–Kier alpha value is -1.55. The minimum absolute atomic E-state index is 0.0583. The summed E-state index contributed by atoms with van der Waals surface area (Å²) in [5.74, 6) is -0.0773. The van der Waals surface area contributed by atoms with Crippen LogP contribution in [0.4, 0.5) is 0 Å². The summed E-state index contributed by atoms with van der Waals surface area (Å²) in [4.78, 5) is 10.6. The number of carboxylic acid groups (broad SMARTS) is 1. The molecule has 0 unspecified atom stereocenters. The number of nitrogens with two attached hydrogens (primary N) is 1. The first-order valence-corrected chi connectivity index (χ1v) is 6.83. The van der Waals surface area contributed by atoms with Gasteiger partial charge in [0.25, 0.3) is 0 Å². The maximum atomic E-state index is 10.6. The molecule has 106 valence electrons. The van der Waals surface area contributed by atoms with Crippen LogP contribution in [0.2, 0.25) is 0 Å². The summed E-state index contributed by atoms with van der Waals surface area (Å²) in [6.45, 7) is 2.90. The van der Waals surface area contributed by atoms with Crippen LogP contribution in [0, 0.1) is 0 Å². The van der Waals surface area contributed by atoms with Gasteiger partial charge in [-0.2, -0.15) is 0 Å². The van der Waals surface area contributed by atoms with Crippen LogP contribution in [-0.2, 0) is 4.79 Å². The van der Waals surface area contributed by atoms with E-state index < -0.39 is 12.0 Å². The third-order valence-corrected chi connectivity index (χ3v) is 2.97. The van der Waals surface area contributed by atoms with Crippen LogP contribution in [0.25, 0.3) is 0 Å². The summed E-state index contributed by atoms with van der Waals surface area (Å²) in [7, 11) is 0. The number of aliphatic carboxylic acids is 1. The van der Waals surface area contributed by atoms with E-state index in [4.69, 9.17) is 15.6 Å². The first kappa shape index (κ1) is 15.5. The summed E-state index contributed by atoms with van der Waals surface area (Å²) in [6.07, 6.45) is 4.66. The molecule has 1 rings (SSSR count). The molecule has 1 aromatic carbocycles. The van der Waals surface area contributed by atoms with Crippen molar-refractivity contribution in [2.75, 3.05) is 6.61 Å². The second-order valence-corrected chi connectivity index (χ2v) is 4.68. The molecule has 0 aliphatic carbocycles. The number of hydrogen-bond acceptors (Lipinski definition) is 3. The number of benzene rings is 1. The Balaban J connectivity index is 2.36. The van der Waals surface area contributed by atoms with E-state index in [0.717, 1.165) is 24.3 Å². The molecule has 4 heteroatoms. The highest BCUT2D eigenvalue weighted by Crippen LogP contribution is 2.18. The highest BCUT2D eigenvalue weighted by Gasteiger charge is 2.10. The standard InChI is InChI=1S/C15H23NO3/c1-2-3-4-5-10-19-13-8-6-12(7-9-13)14(16)11-15(17)18/h6-9,14H,2-5,10-11,16H2,1H3,(H,17,18)/t14-/m1/s1. The average Bonchev–Trinajstić information content (AvgIpc) is 2.38. The molecule has 0 aromatic heterocycles. The molecule has 0 saturated carbocycles. The van der Waals surface area contributed by atoms with Crippen molar-refractivity contribution in [2.24, 2.45) is 5.73 Å². The Morgan fingerprint density at radius 1 is 1.26 bits per heavy atom. The van der Waals surface area contributed by atoms with Gasteiger partial charge in [-0.25, -0.2) is 0 Å². The van der Waals surface area contributed by atoms with Crippen molar-refractivity contribution in [1.82, 2.24) is 0 Å². The normalized spacial score (nSPS) is 12.1. The van der Waals surface area contributed by atoms with E-state index in [2.05, 4.69) is 6.92 Å². The van der Waals surface area contributed by atoms with E-state index in [0.29, 0.717) is 0 Å². The third kappa shape index (κ3) is 6.25. The number of carboxylic acids is 1. The summed E-state index contributed by atoms with van der Waals surface area (Å²) in [5.41, 5.74) is 6.60. The van der Waals surface area contributed by atoms with Gasteiger partial charge in [-0.15, -0.1) is 0 Å². The van der Waals surface area contributed by atoms with E-state index in [-0.39, 0.29) is 6.42 Å². The van der Waals surface area contributed by atoms with Gasteiger partial charge in [0.1, 0.15) is 5.75 Å². The average molecular weight is 265 g/mol. The smallest absolute Gasteiger partial charge is 0.305 e. The number of rotatable bonds is 9. The minimum atomic E-state index is -0.885. The second kappa shape index (κ2) is 8.53. The SMILES string of the molecule is CCCCCCOc1ccc([C@H](N)CC(=O)O)cc1. The van der Waals surface area contributed by atoms with Gasteiger partial charge in [0.2, 0.25) is 0 Å². The number of ether oxygens (including phenoxy) is 1. The highest BCUT2D eigenvalue weighted by molar-refractivity contribution is 5.67. The van der Waals surface area contributed by atoms with E-state index in [1.165, 1.54) is 19.3 Å². The molecule has 0 spiro atoms. The van der Waals surface area contributed by atoms with Crippen LogP contribution in [0.5, 0.6) is 5.75 Å². The molecule has 0 radical (unpaired) electrons. The lowest BCUT2D eigenvalue weighted by Crippen LogP contribution is -2.14. The third-order valence-electron chi connectivity index (χ3n) is 2.97. The van der Waals surface area contributed by atoms with Gasteiger partial charge in [-0.1, -0.05) is 38.3 Å². The van der Waals surface area contributed by atoms with Crippen molar-refractivity contribution in [1.29, 1.82) is 0 Å². The molecule has 0 heterocycles. The number of carbonyl (C=O) groups is 1. The lowest BCUT2D eigenvalue weighted by molar-refractivity contribution is -0.137. The van der Waals surface area contributed by atoms with Crippen molar-refractivity contribution in [3.05, 3.63) is 29.8 Å². The first-order valence-electron chi connectivity index (χ1n) is 6.83. The molecule has 1 aromatic rings. The molecular weight excluding hydrogens is 242 g/mol. The van der Waals surface area contributed by atoms with Crippen molar-refractivity contribution in [3.8, 4) is 5.75 Å². The topological polar surface area (TPSA) is 72.5 Å². The van der Waals surface area contributed by atoms with Crippen LogP contribution >= 0.6 is 0 Å².